The van der Waals surface area contributed by atoms with Crippen molar-refractivity contribution in [3.8, 4) is 0 Å². The number of carbonyl (C=O) groups is 2. The van der Waals surface area contributed by atoms with Crippen LogP contribution in [0.15, 0.2) is 0 Å². The summed E-state index contributed by atoms with van der Waals surface area (Å²) in [5.74, 6) is 0.0417. The lowest BCUT2D eigenvalue weighted by Gasteiger charge is -2.15. The van der Waals surface area contributed by atoms with Crippen molar-refractivity contribution in [2.75, 3.05) is 13.1 Å². The minimum Gasteiger partial charge on any atom is -0.356 e. The van der Waals surface area contributed by atoms with E-state index in [1.165, 1.54) is 0 Å². The monoisotopic (exact) mass is 243 g/mol. The van der Waals surface area contributed by atoms with Gasteiger partial charge in [-0.25, -0.2) is 0 Å². The van der Waals surface area contributed by atoms with Crippen molar-refractivity contribution in [2.45, 2.75) is 40.2 Å². The number of nitrogens with one attached hydrogen (secondary N) is 2. The number of rotatable bonds is 7. The highest BCUT2D eigenvalue weighted by atomic mass is 16.2. The Morgan fingerprint density at radius 2 is 1.47 bits per heavy atom. The summed E-state index contributed by atoms with van der Waals surface area (Å²) in [5.41, 5.74) is 5.68. The largest absolute Gasteiger partial charge is 0.356 e. The number of hydrogen-bond acceptors (Lipinski definition) is 3. The molecule has 0 heterocycles. The normalized spacial score (nSPS) is 12.6. The van der Waals surface area contributed by atoms with Gasteiger partial charge in [0.1, 0.15) is 0 Å². The topological polar surface area (TPSA) is 84.2 Å². The Kier molecular flexibility index (Phi) is 7.54. The van der Waals surface area contributed by atoms with E-state index in [1.54, 1.807) is 0 Å². The quantitative estimate of drug-likeness (QED) is 0.560. The maximum absolute atomic E-state index is 11.5. The summed E-state index contributed by atoms with van der Waals surface area (Å²) in [4.78, 5) is 22.7. The van der Waals surface area contributed by atoms with Crippen LogP contribution in [-0.2, 0) is 9.59 Å². The van der Waals surface area contributed by atoms with Crippen LogP contribution in [0.5, 0.6) is 0 Å². The Morgan fingerprint density at radius 3 is 1.88 bits per heavy atom. The maximum atomic E-state index is 11.5. The highest BCUT2D eigenvalue weighted by Gasteiger charge is 2.16. The van der Waals surface area contributed by atoms with E-state index in [-0.39, 0.29) is 23.7 Å². The summed E-state index contributed by atoms with van der Waals surface area (Å²) in [6.45, 7) is 8.63. The third kappa shape index (κ3) is 6.94. The molecule has 0 spiro atoms. The number of carbonyl (C=O) groups excluding carboxylic acids is 2. The zero-order valence-corrected chi connectivity index (χ0v) is 11.2. The van der Waals surface area contributed by atoms with Crippen LogP contribution >= 0.6 is 0 Å². The summed E-state index contributed by atoms with van der Waals surface area (Å²) in [5, 5.41) is 5.54. The molecule has 5 nitrogen and oxygen atoms in total. The molecular formula is C12H25N3O2. The van der Waals surface area contributed by atoms with Crippen LogP contribution in [0.4, 0.5) is 0 Å². The first-order valence-corrected chi connectivity index (χ1v) is 6.17. The van der Waals surface area contributed by atoms with E-state index in [2.05, 4.69) is 10.6 Å². The van der Waals surface area contributed by atoms with Crippen molar-refractivity contribution in [1.29, 1.82) is 0 Å². The third-order valence-electron chi connectivity index (χ3n) is 2.50. The van der Waals surface area contributed by atoms with Crippen LogP contribution in [0, 0.1) is 11.8 Å². The molecule has 0 radical (unpaired) electrons. The summed E-state index contributed by atoms with van der Waals surface area (Å²) in [6, 6.07) is -0.458. The fourth-order valence-electron chi connectivity index (χ4n) is 1.14. The average molecular weight is 243 g/mol. The van der Waals surface area contributed by atoms with E-state index >= 15 is 0 Å². The van der Waals surface area contributed by atoms with Gasteiger partial charge in [-0.05, 0) is 12.3 Å². The summed E-state index contributed by atoms with van der Waals surface area (Å²) >= 11 is 0. The molecule has 5 heteroatoms. The zero-order valence-electron chi connectivity index (χ0n) is 11.2. The molecule has 0 aromatic carbocycles. The van der Waals surface area contributed by atoms with Crippen LogP contribution in [0.2, 0.25) is 0 Å². The first-order chi connectivity index (χ1) is 7.86. The van der Waals surface area contributed by atoms with Crippen molar-refractivity contribution in [3.63, 3.8) is 0 Å². The van der Waals surface area contributed by atoms with E-state index in [9.17, 15) is 9.59 Å². The summed E-state index contributed by atoms with van der Waals surface area (Å²) in [6.07, 6.45) is 0.717. The number of nitrogens with two attached hydrogens (primary N) is 1. The van der Waals surface area contributed by atoms with Gasteiger partial charge in [0.15, 0.2) is 0 Å². The Balaban J connectivity index is 3.59. The highest BCUT2D eigenvalue weighted by molar-refractivity contribution is 5.81. The van der Waals surface area contributed by atoms with Gasteiger partial charge in [0, 0.05) is 19.0 Å². The van der Waals surface area contributed by atoms with E-state index < -0.39 is 6.04 Å². The first kappa shape index (κ1) is 15.9. The van der Waals surface area contributed by atoms with Crippen molar-refractivity contribution in [2.24, 2.45) is 17.6 Å². The van der Waals surface area contributed by atoms with Gasteiger partial charge in [-0.1, -0.05) is 27.7 Å². The number of hydrogen-bond donors (Lipinski definition) is 3. The van der Waals surface area contributed by atoms with Crippen molar-refractivity contribution in [1.82, 2.24) is 10.6 Å². The second-order valence-corrected chi connectivity index (χ2v) is 4.86. The van der Waals surface area contributed by atoms with Crippen molar-refractivity contribution < 1.29 is 9.59 Å². The molecule has 0 bridgehead atoms. The van der Waals surface area contributed by atoms with Gasteiger partial charge in [0.25, 0.3) is 0 Å². The average Bonchev–Trinajstić information content (AvgIpc) is 2.26. The van der Waals surface area contributed by atoms with Crippen LogP contribution in [0.3, 0.4) is 0 Å². The molecule has 0 aromatic rings. The van der Waals surface area contributed by atoms with Gasteiger partial charge in [-0.15, -0.1) is 0 Å². The van der Waals surface area contributed by atoms with Gasteiger partial charge in [-0.3, -0.25) is 9.59 Å². The summed E-state index contributed by atoms with van der Waals surface area (Å²) < 4.78 is 0. The summed E-state index contributed by atoms with van der Waals surface area (Å²) in [7, 11) is 0. The lowest BCUT2D eigenvalue weighted by atomic mass is 10.1. The predicted octanol–water partition coefficient (Wildman–Crippen LogP) is 0.248. The minimum absolute atomic E-state index is 0.000968. The molecule has 1 atom stereocenters. The molecule has 0 aliphatic rings. The first-order valence-electron chi connectivity index (χ1n) is 6.17. The molecule has 100 valence electrons. The van der Waals surface area contributed by atoms with Gasteiger partial charge in [0.2, 0.25) is 11.8 Å². The van der Waals surface area contributed by atoms with Crippen LogP contribution < -0.4 is 16.4 Å². The second-order valence-electron chi connectivity index (χ2n) is 4.86. The Morgan fingerprint density at radius 1 is 1.00 bits per heavy atom. The number of amides is 2. The molecule has 17 heavy (non-hydrogen) atoms. The van der Waals surface area contributed by atoms with Crippen molar-refractivity contribution >= 4 is 11.8 Å². The van der Waals surface area contributed by atoms with Crippen molar-refractivity contribution in [3.05, 3.63) is 0 Å². The molecule has 0 aliphatic carbocycles. The Labute approximate surface area is 104 Å². The van der Waals surface area contributed by atoms with Crippen LogP contribution in [0.25, 0.3) is 0 Å². The molecule has 0 saturated heterocycles. The van der Waals surface area contributed by atoms with E-state index in [0.717, 1.165) is 6.42 Å². The Bertz CT molecular complexity index is 252. The lowest BCUT2D eigenvalue weighted by molar-refractivity contribution is -0.124. The second kappa shape index (κ2) is 8.06. The highest BCUT2D eigenvalue weighted by Crippen LogP contribution is 1.97. The SMILES string of the molecule is CC(C)C(=O)NCCCNC(=O)[C@@H](N)C(C)C. The van der Waals surface area contributed by atoms with Gasteiger partial charge >= 0.3 is 0 Å². The van der Waals surface area contributed by atoms with Crippen LogP contribution in [0.1, 0.15) is 34.1 Å². The van der Waals surface area contributed by atoms with Gasteiger partial charge in [-0.2, -0.15) is 0 Å². The fourth-order valence-corrected chi connectivity index (χ4v) is 1.14. The Hall–Kier alpha value is -1.10. The molecule has 0 aromatic heterocycles. The molecule has 0 aliphatic heterocycles. The molecule has 0 rings (SSSR count). The standard InChI is InChI=1S/C12H25N3O2/c1-8(2)10(13)12(17)15-7-5-6-14-11(16)9(3)4/h8-10H,5-7,13H2,1-4H3,(H,14,16)(H,15,17)/t10-/m0/s1. The molecular weight excluding hydrogens is 218 g/mol. The molecule has 2 amide bonds. The minimum atomic E-state index is -0.458. The fraction of sp³-hybridized carbons (Fsp3) is 0.833. The van der Waals surface area contributed by atoms with Gasteiger partial charge < -0.3 is 16.4 Å². The predicted molar refractivity (Wildman–Crippen MR) is 68.3 cm³/mol. The van der Waals surface area contributed by atoms with E-state index in [0.29, 0.717) is 13.1 Å². The van der Waals surface area contributed by atoms with E-state index in [4.69, 9.17) is 5.73 Å². The van der Waals surface area contributed by atoms with Gasteiger partial charge in [0.05, 0.1) is 6.04 Å². The zero-order chi connectivity index (χ0) is 13.4. The molecule has 0 saturated carbocycles. The molecule has 0 unspecified atom stereocenters. The third-order valence-corrected chi connectivity index (χ3v) is 2.50. The molecule has 0 fully saturated rings. The lowest BCUT2D eigenvalue weighted by Crippen LogP contribution is -2.44. The van der Waals surface area contributed by atoms with Crippen LogP contribution in [-0.4, -0.2) is 30.9 Å². The maximum Gasteiger partial charge on any atom is 0.237 e. The molecule has 4 N–H and O–H groups in total. The smallest absolute Gasteiger partial charge is 0.237 e. The van der Waals surface area contributed by atoms with E-state index in [1.807, 2.05) is 27.7 Å².